The molecule has 0 saturated carbocycles. The number of allylic oxidation sites excluding steroid dienone is 1. The van der Waals surface area contributed by atoms with Crippen molar-refractivity contribution in [1.29, 1.82) is 0 Å². The van der Waals surface area contributed by atoms with Gasteiger partial charge in [0, 0.05) is 0 Å². The van der Waals surface area contributed by atoms with E-state index >= 15 is 0 Å². The standard InChI is InChI=1S/C19H18O2/c20-19(21-18-9-5-2-6-10-18)17-13-11-16(12-14-17)15-7-3-1-4-8-15/h1,3-5,7-9,11-14,18H,2,6,10H2. The van der Waals surface area contributed by atoms with Crippen LogP contribution in [-0.4, -0.2) is 12.1 Å². The number of rotatable bonds is 3. The molecule has 2 heteroatoms. The van der Waals surface area contributed by atoms with Gasteiger partial charge in [-0.3, -0.25) is 0 Å². The first kappa shape index (κ1) is 13.6. The Labute approximate surface area is 125 Å². The summed E-state index contributed by atoms with van der Waals surface area (Å²) >= 11 is 0. The van der Waals surface area contributed by atoms with Crippen molar-refractivity contribution in [1.82, 2.24) is 0 Å². The van der Waals surface area contributed by atoms with Gasteiger partial charge in [-0.1, -0.05) is 48.5 Å². The van der Waals surface area contributed by atoms with Gasteiger partial charge in [0.15, 0.2) is 0 Å². The Bertz CT molecular complexity index is 626. The molecule has 0 heterocycles. The second-order valence-corrected chi connectivity index (χ2v) is 5.25. The number of ether oxygens (including phenoxy) is 1. The van der Waals surface area contributed by atoms with Gasteiger partial charge in [0.2, 0.25) is 0 Å². The number of esters is 1. The Morgan fingerprint density at radius 1 is 0.952 bits per heavy atom. The van der Waals surface area contributed by atoms with Crippen molar-refractivity contribution in [2.24, 2.45) is 0 Å². The predicted octanol–water partition coefficient (Wildman–Crippen LogP) is 4.62. The minimum Gasteiger partial charge on any atom is -0.455 e. The fourth-order valence-electron chi connectivity index (χ4n) is 2.51. The summed E-state index contributed by atoms with van der Waals surface area (Å²) in [7, 11) is 0. The molecule has 0 aliphatic heterocycles. The average Bonchev–Trinajstić information content (AvgIpc) is 2.57. The van der Waals surface area contributed by atoms with E-state index in [1.54, 1.807) is 0 Å². The fourth-order valence-corrected chi connectivity index (χ4v) is 2.51. The third kappa shape index (κ3) is 3.40. The molecule has 0 amide bonds. The third-order valence-corrected chi connectivity index (χ3v) is 3.70. The molecule has 3 rings (SSSR count). The van der Waals surface area contributed by atoms with Crippen LogP contribution in [0, 0.1) is 0 Å². The number of hydrogen-bond donors (Lipinski definition) is 0. The largest absolute Gasteiger partial charge is 0.455 e. The lowest BCUT2D eigenvalue weighted by Gasteiger charge is -2.17. The Hall–Kier alpha value is -2.35. The minimum absolute atomic E-state index is 0.0694. The summed E-state index contributed by atoms with van der Waals surface area (Å²) in [6, 6.07) is 17.7. The molecule has 21 heavy (non-hydrogen) atoms. The number of carbonyl (C=O) groups is 1. The SMILES string of the molecule is O=C(OC1C=CCCC1)c1ccc(-c2ccccc2)cc1. The highest BCUT2D eigenvalue weighted by Crippen LogP contribution is 2.20. The van der Waals surface area contributed by atoms with E-state index < -0.39 is 0 Å². The van der Waals surface area contributed by atoms with Gasteiger partial charge in [-0.25, -0.2) is 4.79 Å². The minimum atomic E-state index is -0.244. The molecular weight excluding hydrogens is 260 g/mol. The summed E-state index contributed by atoms with van der Waals surface area (Å²) in [5.41, 5.74) is 2.85. The van der Waals surface area contributed by atoms with Crippen LogP contribution in [0.5, 0.6) is 0 Å². The molecule has 0 bridgehead atoms. The quantitative estimate of drug-likeness (QED) is 0.605. The normalized spacial score (nSPS) is 17.4. The molecule has 0 radical (unpaired) electrons. The van der Waals surface area contributed by atoms with E-state index in [-0.39, 0.29) is 12.1 Å². The summed E-state index contributed by atoms with van der Waals surface area (Å²) in [4.78, 5) is 12.1. The van der Waals surface area contributed by atoms with Gasteiger partial charge >= 0.3 is 5.97 Å². The maximum atomic E-state index is 12.1. The van der Waals surface area contributed by atoms with Crippen molar-refractivity contribution in [3.63, 3.8) is 0 Å². The number of hydrogen-bond acceptors (Lipinski definition) is 2. The highest BCUT2D eigenvalue weighted by atomic mass is 16.5. The molecule has 1 atom stereocenters. The van der Waals surface area contributed by atoms with E-state index in [0.29, 0.717) is 5.56 Å². The van der Waals surface area contributed by atoms with E-state index in [9.17, 15) is 4.79 Å². The zero-order valence-electron chi connectivity index (χ0n) is 11.9. The highest BCUT2D eigenvalue weighted by Gasteiger charge is 2.15. The van der Waals surface area contributed by atoms with Gasteiger partial charge in [-0.15, -0.1) is 0 Å². The van der Waals surface area contributed by atoms with Crippen LogP contribution < -0.4 is 0 Å². The Balaban J connectivity index is 1.70. The molecule has 0 saturated heterocycles. The number of carbonyl (C=O) groups excluding carboxylic acids is 1. The topological polar surface area (TPSA) is 26.3 Å². The lowest BCUT2D eigenvalue weighted by molar-refractivity contribution is 0.0370. The smallest absolute Gasteiger partial charge is 0.338 e. The van der Waals surface area contributed by atoms with E-state index in [0.717, 1.165) is 30.4 Å². The summed E-state index contributed by atoms with van der Waals surface area (Å²) in [6.45, 7) is 0. The molecule has 0 spiro atoms. The monoisotopic (exact) mass is 278 g/mol. The average molecular weight is 278 g/mol. The van der Waals surface area contributed by atoms with Crippen molar-refractivity contribution in [2.45, 2.75) is 25.4 Å². The fraction of sp³-hybridized carbons (Fsp3) is 0.211. The molecule has 0 fully saturated rings. The van der Waals surface area contributed by atoms with E-state index in [4.69, 9.17) is 4.74 Å². The molecule has 2 nitrogen and oxygen atoms in total. The van der Waals surface area contributed by atoms with E-state index in [2.05, 4.69) is 18.2 Å². The Morgan fingerprint density at radius 2 is 1.67 bits per heavy atom. The zero-order valence-corrected chi connectivity index (χ0v) is 11.9. The second-order valence-electron chi connectivity index (χ2n) is 5.25. The lowest BCUT2D eigenvalue weighted by atomic mass is 10.0. The highest BCUT2D eigenvalue weighted by molar-refractivity contribution is 5.90. The molecular formula is C19H18O2. The summed E-state index contributed by atoms with van der Waals surface area (Å²) in [5.74, 6) is -0.244. The van der Waals surface area contributed by atoms with Crippen LogP contribution in [0.25, 0.3) is 11.1 Å². The van der Waals surface area contributed by atoms with Crippen LogP contribution in [0.2, 0.25) is 0 Å². The first-order valence-corrected chi connectivity index (χ1v) is 7.36. The molecule has 0 N–H and O–H groups in total. The van der Waals surface area contributed by atoms with Gasteiger partial charge in [0.1, 0.15) is 6.10 Å². The predicted molar refractivity (Wildman–Crippen MR) is 84.1 cm³/mol. The van der Waals surface area contributed by atoms with E-state index in [1.165, 1.54) is 0 Å². The molecule has 1 unspecified atom stereocenters. The molecule has 1 aliphatic carbocycles. The van der Waals surface area contributed by atoms with Crippen molar-refractivity contribution >= 4 is 5.97 Å². The Morgan fingerprint density at radius 3 is 2.33 bits per heavy atom. The van der Waals surface area contributed by atoms with Crippen molar-refractivity contribution in [3.05, 3.63) is 72.3 Å². The van der Waals surface area contributed by atoms with Crippen molar-refractivity contribution < 1.29 is 9.53 Å². The third-order valence-electron chi connectivity index (χ3n) is 3.70. The molecule has 2 aromatic carbocycles. The molecule has 106 valence electrons. The van der Waals surface area contributed by atoms with Crippen LogP contribution in [0.4, 0.5) is 0 Å². The summed E-state index contributed by atoms with van der Waals surface area (Å²) < 4.78 is 5.50. The Kier molecular flexibility index (Phi) is 4.15. The molecule has 2 aromatic rings. The van der Waals surface area contributed by atoms with Crippen LogP contribution in [0.3, 0.4) is 0 Å². The summed E-state index contributed by atoms with van der Waals surface area (Å²) in [5, 5.41) is 0. The van der Waals surface area contributed by atoms with Gasteiger partial charge in [0.05, 0.1) is 5.56 Å². The van der Waals surface area contributed by atoms with Crippen LogP contribution in [-0.2, 0) is 4.74 Å². The second kappa shape index (κ2) is 6.40. The van der Waals surface area contributed by atoms with Gasteiger partial charge in [-0.2, -0.15) is 0 Å². The van der Waals surface area contributed by atoms with Gasteiger partial charge in [-0.05, 0) is 48.6 Å². The first-order chi connectivity index (χ1) is 10.3. The van der Waals surface area contributed by atoms with Gasteiger partial charge in [0.25, 0.3) is 0 Å². The molecule has 0 aromatic heterocycles. The van der Waals surface area contributed by atoms with Crippen molar-refractivity contribution in [2.75, 3.05) is 0 Å². The zero-order chi connectivity index (χ0) is 14.5. The van der Waals surface area contributed by atoms with E-state index in [1.807, 2.05) is 48.5 Å². The van der Waals surface area contributed by atoms with Crippen molar-refractivity contribution in [3.8, 4) is 11.1 Å². The molecule has 1 aliphatic rings. The van der Waals surface area contributed by atoms with Gasteiger partial charge < -0.3 is 4.74 Å². The van der Waals surface area contributed by atoms with Crippen LogP contribution in [0.15, 0.2) is 66.7 Å². The van der Waals surface area contributed by atoms with Crippen LogP contribution >= 0.6 is 0 Å². The maximum Gasteiger partial charge on any atom is 0.338 e. The maximum absolute atomic E-state index is 12.1. The number of benzene rings is 2. The van der Waals surface area contributed by atoms with Crippen LogP contribution in [0.1, 0.15) is 29.6 Å². The lowest BCUT2D eigenvalue weighted by Crippen LogP contribution is -2.17. The first-order valence-electron chi connectivity index (χ1n) is 7.36. The summed E-state index contributed by atoms with van der Waals surface area (Å²) in [6.07, 6.45) is 7.09.